The number of carbonyl (C=O) groups excluding carboxylic acids is 2. The zero-order chi connectivity index (χ0) is 22.6. The van der Waals surface area contributed by atoms with Crippen LogP contribution in [-0.2, 0) is 26.0 Å². The zero-order valence-electron chi connectivity index (χ0n) is 17.7. The van der Waals surface area contributed by atoms with Gasteiger partial charge < -0.3 is 14.2 Å². The zero-order valence-corrected chi connectivity index (χ0v) is 19.4. The molecule has 1 fully saturated rings. The molecule has 1 aromatic heterocycles. The quantitative estimate of drug-likeness (QED) is 0.584. The van der Waals surface area contributed by atoms with Gasteiger partial charge in [0.2, 0.25) is 5.91 Å². The Balaban J connectivity index is 1.81. The van der Waals surface area contributed by atoms with E-state index in [2.05, 4.69) is 11.6 Å². The number of sulfone groups is 1. The largest absolute Gasteiger partial charge is 0.497 e. The van der Waals surface area contributed by atoms with E-state index in [1.54, 1.807) is 28.7 Å². The average Bonchev–Trinajstić information content (AvgIpc) is 3.03. The van der Waals surface area contributed by atoms with Gasteiger partial charge >= 0.3 is 0 Å². The summed E-state index contributed by atoms with van der Waals surface area (Å²) in [7, 11) is -2.35. The Morgan fingerprint density at radius 1 is 1.32 bits per heavy atom. The molecule has 1 aliphatic heterocycles. The van der Waals surface area contributed by atoms with Gasteiger partial charge in [-0.25, -0.2) is 8.42 Å². The minimum absolute atomic E-state index is 0.0187. The first kappa shape index (κ1) is 23.2. The normalized spacial score (nSPS) is 17.7. The molecule has 1 atom stereocenters. The highest BCUT2D eigenvalue weighted by Crippen LogP contribution is 2.23. The number of thiazole rings is 1. The molecule has 0 spiro atoms. The first-order valence-electron chi connectivity index (χ1n) is 10.1. The lowest BCUT2D eigenvalue weighted by Crippen LogP contribution is -2.45. The van der Waals surface area contributed by atoms with E-state index in [1.807, 2.05) is 19.1 Å². The van der Waals surface area contributed by atoms with Crippen LogP contribution in [0.5, 0.6) is 5.75 Å². The first-order valence-corrected chi connectivity index (χ1v) is 12.7. The van der Waals surface area contributed by atoms with Gasteiger partial charge in [0, 0.05) is 19.1 Å². The van der Waals surface area contributed by atoms with Crippen molar-refractivity contribution in [3.8, 4) is 5.75 Å². The molecule has 2 heterocycles. The highest BCUT2D eigenvalue weighted by molar-refractivity contribution is 7.92. The van der Waals surface area contributed by atoms with Gasteiger partial charge in [-0.3, -0.25) is 9.59 Å². The molecule has 168 valence electrons. The van der Waals surface area contributed by atoms with E-state index >= 15 is 0 Å². The Hall–Kier alpha value is -2.46. The molecule has 1 aromatic carbocycles. The maximum Gasteiger partial charge on any atom is 0.263 e. The Morgan fingerprint density at radius 2 is 2.10 bits per heavy atom. The molecule has 1 unspecified atom stereocenters. The number of aromatic nitrogens is 1. The smallest absolute Gasteiger partial charge is 0.263 e. The van der Waals surface area contributed by atoms with Crippen molar-refractivity contribution in [1.82, 2.24) is 9.47 Å². The predicted molar refractivity (Wildman–Crippen MR) is 121 cm³/mol. The van der Waals surface area contributed by atoms with Crippen LogP contribution in [0.1, 0.15) is 26.2 Å². The molecule has 2 aromatic rings. The molecule has 0 bridgehead atoms. The minimum atomic E-state index is -3.92. The number of hydrogen-bond donors (Lipinski definition) is 0. The number of amides is 2. The van der Waals surface area contributed by atoms with E-state index in [9.17, 15) is 18.0 Å². The lowest BCUT2D eigenvalue weighted by Gasteiger charge is -2.33. The standard InChI is InChI=1S/C21H27N3O5S2/c1-4-10-24-17-9-8-16(29-3)12-18(17)30-21(24)22-19(25)13-31(27,28)14-20(26)23-11-6-5-7-15(23)2/h4,8-9,12,15H,1,5-7,10-11,13-14H2,2-3H3. The fourth-order valence-corrected chi connectivity index (χ4v) is 5.86. The molecule has 8 nitrogen and oxygen atoms in total. The Bertz CT molecular complexity index is 1160. The number of benzene rings is 1. The van der Waals surface area contributed by atoms with Gasteiger partial charge in [-0.05, 0) is 44.4 Å². The second kappa shape index (κ2) is 9.78. The van der Waals surface area contributed by atoms with Crippen molar-refractivity contribution in [2.75, 3.05) is 25.2 Å². The summed E-state index contributed by atoms with van der Waals surface area (Å²) in [6.45, 7) is 6.62. The topological polar surface area (TPSA) is 98.0 Å². The van der Waals surface area contributed by atoms with E-state index in [-0.39, 0.29) is 6.04 Å². The van der Waals surface area contributed by atoms with Gasteiger partial charge in [-0.1, -0.05) is 17.4 Å². The van der Waals surface area contributed by atoms with Gasteiger partial charge in [0.1, 0.15) is 17.3 Å². The monoisotopic (exact) mass is 465 g/mol. The highest BCUT2D eigenvalue weighted by atomic mass is 32.2. The van der Waals surface area contributed by atoms with Crippen LogP contribution in [-0.4, -0.2) is 60.9 Å². The average molecular weight is 466 g/mol. The molecule has 0 N–H and O–H groups in total. The second-order valence-electron chi connectivity index (χ2n) is 7.59. The van der Waals surface area contributed by atoms with Crippen molar-refractivity contribution in [1.29, 1.82) is 0 Å². The van der Waals surface area contributed by atoms with Crippen molar-refractivity contribution in [3.05, 3.63) is 35.7 Å². The number of ether oxygens (including phenoxy) is 1. The molecular formula is C21H27N3O5S2. The third-order valence-corrected chi connectivity index (χ3v) is 7.65. The summed E-state index contributed by atoms with van der Waals surface area (Å²) < 4.78 is 32.9. The molecule has 0 saturated carbocycles. The van der Waals surface area contributed by atoms with Crippen LogP contribution in [0.2, 0.25) is 0 Å². The van der Waals surface area contributed by atoms with Crippen LogP contribution in [0.25, 0.3) is 10.2 Å². The number of piperidine rings is 1. The highest BCUT2D eigenvalue weighted by Gasteiger charge is 2.28. The lowest BCUT2D eigenvalue weighted by molar-refractivity contribution is -0.131. The predicted octanol–water partition coefficient (Wildman–Crippen LogP) is 2.14. The van der Waals surface area contributed by atoms with Gasteiger partial charge in [-0.15, -0.1) is 6.58 Å². The molecule has 0 radical (unpaired) electrons. The van der Waals surface area contributed by atoms with E-state index in [0.717, 1.165) is 29.5 Å². The fourth-order valence-electron chi connectivity index (χ4n) is 3.69. The number of nitrogens with zero attached hydrogens (tertiary/aromatic N) is 3. The minimum Gasteiger partial charge on any atom is -0.497 e. The number of rotatable bonds is 7. The van der Waals surface area contributed by atoms with Crippen molar-refractivity contribution in [2.24, 2.45) is 4.99 Å². The van der Waals surface area contributed by atoms with Crippen LogP contribution in [0.3, 0.4) is 0 Å². The lowest BCUT2D eigenvalue weighted by atomic mass is 10.0. The van der Waals surface area contributed by atoms with Gasteiger partial charge in [0.25, 0.3) is 5.91 Å². The van der Waals surface area contributed by atoms with Gasteiger partial charge in [0.15, 0.2) is 14.6 Å². The van der Waals surface area contributed by atoms with E-state index < -0.39 is 33.2 Å². The summed E-state index contributed by atoms with van der Waals surface area (Å²) >= 11 is 1.26. The molecule has 2 amide bonds. The van der Waals surface area contributed by atoms with Gasteiger partial charge in [0.05, 0.1) is 17.3 Å². The second-order valence-corrected chi connectivity index (χ2v) is 10.7. The summed E-state index contributed by atoms with van der Waals surface area (Å²) in [6, 6.07) is 5.51. The van der Waals surface area contributed by atoms with Crippen LogP contribution >= 0.6 is 11.3 Å². The van der Waals surface area contributed by atoms with Crippen molar-refractivity contribution < 1.29 is 22.7 Å². The number of hydrogen-bond acceptors (Lipinski definition) is 6. The molecule has 1 saturated heterocycles. The summed E-state index contributed by atoms with van der Waals surface area (Å²) in [6.07, 6.45) is 4.43. The van der Waals surface area contributed by atoms with Crippen molar-refractivity contribution in [2.45, 2.75) is 38.8 Å². The third kappa shape index (κ3) is 5.62. The number of fused-ring (bicyclic) bond motifs is 1. The summed E-state index contributed by atoms with van der Waals surface area (Å²) in [5.41, 5.74) is 0.842. The van der Waals surface area contributed by atoms with Crippen LogP contribution in [0.15, 0.2) is 35.8 Å². The molecule has 0 aliphatic carbocycles. The van der Waals surface area contributed by atoms with E-state index in [4.69, 9.17) is 4.74 Å². The summed E-state index contributed by atoms with van der Waals surface area (Å²) in [5, 5.41) is 0. The maximum absolute atomic E-state index is 12.5. The van der Waals surface area contributed by atoms with E-state index in [0.29, 0.717) is 23.6 Å². The van der Waals surface area contributed by atoms with Gasteiger partial charge in [-0.2, -0.15) is 4.99 Å². The first-order chi connectivity index (χ1) is 14.7. The summed E-state index contributed by atoms with van der Waals surface area (Å²) in [5.74, 6) is -2.04. The Kier molecular flexibility index (Phi) is 7.32. The number of methoxy groups -OCH3 is 1. The fraction of sp³-hybridized carbons (Fsp3) is 0.476. The van der Waals surface area contributed by atoms with Crippen LogP contribution in [0.4, 0.5) is 0 Å². The maximum atomic E-state index is 12.5. The Morgan fingerprint density at radius 3 is 2.77 bits per heavy atom. The molecule has 10 heteroatoms. The molecular weight excluding hydrogens is 438 g/mol. The van der Waals surface area contributed by atoms with E-state index in [1.165, 1.54) is 11.3 Å². The summed E-state index contributed by atoms with van der Waals surface area (Å²) in [4.78, 5) is 31.0. The van der Waals surface area contributed by atoms with Crippen molar-refractivity contribution in [3.63, 3.8) is 0 Å². The number of allylic oxidation sites excluding steroid dienone is 1. The number of likely N-dealkylation sites (tertiary alicyclic amines) is 1. The third-order valence-electron chi connectivity index (χ3n) is 5.23. The number of carbonyl (C=O) groups is 2. The van der Waals surface area contributed by atoms with Crippen LogP contribution < -0.4 is 9.54 Å². The van der Waals surface area contributed by atoms with Crippen molar-refractivity contribution >= 4 is 43.2 Å². The van der Waals surface area contributed by atoms with Crippen LogP contribution in [0, 0.1) is 0 Å². The molecule has 1 aliphatic rings. The molecule has 31 heavy (non-hydrogen) atoms. The Labute approximate surface area is 185 Å². The molecule has 3 rings (SSSR count). The SMILES string of the molecule is C=CCn1c(=NC(=O)CS(=O)(=O)CC(=O)N2CCCCC2C)sc2cc(OC)ccc21.